The third-order valence-electron chi connectivity index (χ3n) is 3.19. The van der Waals surface area contributed by atoms with Gasteiger partial charge in [-0.05, 0) is 12.1 Å². The molecule has 0 amide bonds. The van der Waals surface area contributed by atoms with Gasteiger partial charge >= 0.3 is 0 Å². The molecule has 1 aliphatic heterocycles. The number of nitrogens with one attached hydrogen (secondary N) is 1. The van der Waals surface area contributed by atoms with Gasteiger partial charge < -0.3 is 10.4 Å². The summed E-state index contributed by atoms with van der Waals surface area (Å²) in [6.45, 7) is 2.04. The largest absolute Gasteiger partial charge is 0.505 e. The smallest absolute Gasteiger partial charge is 0.258 e. The highest BCUT2D eigenvalue weighted by Gasteiger charge is 2.34. The molecule has 19 heavy (non-hydrogen) atoms. The number of aromatic hydroxyl groups is 1. The maximum absolute atomic E-state index is 13.4. The van der Waals surface area contributed by atoms with E-state index in [1.165, 1.54) is 6.07 Å². The molecule has 2 rings (SSSR count). The summed E-state index contributed by atoms with van der Waals surface area (Å²) >= 11 is 3.11. The van der Waals surface area contributed by atoms with Crippen LogP contribution < -0.4 is 5.32 Å². The second-order valence-corrected chi connectivity index (χ2v) is 5.21. The lowest BCUT2D eigenvalue weighted by Gasteiger charge is -2.35. The average Bonchev–Trinajstić information content (AvgIpc) is 2.39. The number of hydrogen-bond acceptors (Lipinski definition) is 3. The lowest BCUT2D eigenvalue weighted by Crippen LogP contribution is -2.47. The Balaban J connectivity index is 2.41. The maximum atomic E-state index is 13.4. The van der Waals surface area contributed by atoms with E-state index in [9.17, 15) is 18.3 Å². The molecule has 1 atom stereocenters. The molecule has 0 radical (unpaired) electrons. The Kier molecular flexibility index (Phi) is 4.70. The summed E-state index contributed by atoms with van der Waals surface area (Å²) in [7, 11) is 0. The van der Waals surface area contributed by atoms with Crippen molar-refractivity contribution < 1.29 is 18.3 Å². The van der Waals surface area contributed by atoms with Crippen LogP contribution in [0.3, 0.4) is 0 Å². The quantitative estimate of drug-likeness (QED) is 0.888. The van der Waals surface area contributed by atoms with Crippen molar-refractivity contribution in [2.24, 2.45) is 0 Å². The second kappa shape index (κ2) is 6.11. The minimum atomic E-state index is -2.71. The Labute approximate surface area is 117 Å². The third kappa shape index (κ3) is 3.04. The van der Waals surface area contributed by atoms with Gasteiger partial charge in [0.2, 0.25) is 0 Å². The van der Waals surface area contributed by atoms with E-state index < -0.39 is 24.0 Å². The van der Waals surface area contributed by atoms with E-state index >= 15 is 0 Å². The minimum absolute atomic E-state index is 0.0862. The zero-order chi connectivity index (χ0) is 14.0. The van der Waals surface area contributed by atoms with E-state index in [-0.39, 0.29) is 10.0 Å². The van der Waals surface area contributed by atoms with Crippen LogP contribution in [0.5, 0.6) is 5.75 Å². The number of nitrogens with zero attached hydrogens (tertiary/aromatic N) is 1. The van der Waals surface area contributed by atoms with Crippen molar-refractivity contribution in [1.29, 1.82) is 0 Å². The highest BCUT2D eigenvalue weighted by atomic mass is 79.9. The number of piperazine rings is 1. The molecule has 0 unspecified atom stereocenters. The molecule has 1 heterocycles. The molecule has 0 spiro atoms. The van der Waals surface area contributed by atoms with Crippen molar-refractivity contribution >= 4 is 15.9 Å². The average molecular weight is 339 g/mol. The first kappa shape index (κ1) is 14.6. The van der Waals surface area contributed by atoms with Gasteiger partial charge in [0.05, 0.1) is 0 Å². The van der Waals surface area contributed by atoms with E-state index in [2.05, 4.69) is 21.2 Å². The Hall–Kier alpha value is -0.790. The summed E-state index contributed by atoms with van der Waals surface area (Å²) in [5.74, 6) is -1.60. The molecule has 0 bridgehead atoms. The van der Waals surface area contributed by atoms with Crippen LogP contribution in [0.4, 0.5) is 13.2 Å². The first-order chi connectivity index (χ1) is 9.02. The van der Waals surface area contributed by atoms with Gasteiger partial charge in [0.25, 0.3) is 6.43 Å². The summed E-state index contributed by atoms with van der Waals surface area (Å²) in [5.41, 5.74) is -0.0862. The van der Waals surface area contributed by atoms with Crippen LogP contribution in [-0.2, 0) is 0 Å². The minimum Gasteiger partial charge on any atom is -0.505 e. The van der Waals surface area contributed by atoms with Gasteiger partial charge in [-0.2, -0.15) is 0 Å². The van der Waals surface area contributed by atoms with Crippen molar-refractivity contribution in [3.63, 3.8) is 0 Å². The monoisotopic (exact) mass is 338 g/mol. The molecule has 7 heteroatoms. The molecule has 106 valence electrons. The van der Waals surface area contributed by atoms with E-state index in [1.54, 1.807) is 4.90 Å². The van der Waals surface area contributed by atoms with Gasteiger partial charge in [-0.1, -0.05) is 15.9 Å². The summed E-state index contributed by atoms with van der Waals surface area (Å²) in [4.78, 5) is 1.56. The molecule has 0 aliphatic carbocycles. The number of benzene rings is 1. The molecule has 2 N–H and O–H groups in total. The fourth-order valence-corrected chi connectivity index (χ4v) is 2.82. The number of hydrogen-bond donors (Lipinski definition) is 2. The Morgan fingerprint density at radius 2 is 1.89 bits per heavy atom. The molecule has 1 aliphatic rings. The lowest BCUT2D eigenvalue weighted by atomic mass is 10.0. The molecular weight excluding hydrogens is 325 g/mol. The molecule has 1 aromatic rings. The lowest BCUT2D eigenvalue weighted by molar-refractivity contribution is 0.0164. The van der Waals surface area contributed by atoms with E-state index in [0.717, 1.165) is 6.07 Å². The standard InChI is InChI=1S/C12H14BrF3N2O/c13-7-1-2-8(14)11(19)9(7)10(12(15)16)18-5-3-17-4-6-18/h1-2,10,12,17,19H,3-6H2/t10-/m1/s1. The zero-order valence-electron chi connectivity index (χ0n) is 10.0. The van der Waals surface area contributed by atoms with Gasteiger partial charge in [0.15, 0.2) is 11.6 Å². The first-order valence-electron chi connectivity index (χ1n) is 5.92. The van der Waals surface area contributed by atoms with E-state index in [4.69, 9.17) is 0 Å². The van der Waals surface area contributed by atoms with Crippen LogP contribution in [-0.4, -0.2) is 42.6 Å². The normalized spacial score (nSPS) is 18.8. The van der Waals surface area contributed by atoms with Crippen LogP contribution >= 0.6 is 15.9 Å². The summed E-state index contributed by atoms with van der Waals surface area (Å²) in [6.07, 6.45) is -2.71. The van der Waals surface area contributed by atoms with Crippen LogP contribution in [0.15, 0.2) is 16.6 Å². The predicted octanol–water partition coefficient (Wildman–Crippen LogP) is 2.51. The van der Waals surface area contributed by atoms with Crippen LogP contribution in [0.2, 0.25) is 0 Å². The number of phenols is 1. The second-order valence-electron chi connectivity index (χ2n) is 4.36. The van der Waals surface area contributed by atoms with Crippen molar-refractivity contribution in [1.82, 2.24) is 10.2 Å². The number of halogens is 4. The predicted molar refractivity (Wildman–Crippen MR) is 69.0 cm³/mol. The molecule has 1 fully saturated rings. The van der Waals surface area contributed by atoms with E-state index in [0.29, 0.717) is 26.2 Å². The highest BCUT2D eigenvalue weighted by molar-refractivity contribution is 9.10. The number of phenolic OH excluding ortho intramolecular Hbond substituents is 1. The maximum Gasteiger partial charge on any atom is 0.258 e. The number of rotatable bonds is 3. The number of alkyl halides is 2. The topological polar surface area (TPSA) is 35.5 Å². The molecule has 0 saturated carbocycles. The Bertz CT molecular complexity index is 453. The zero-order valence-corrected chi connectivity index (χ0v) is 11.6. The summed E-state index contributed by atoms with van der Waals surface area (Å²) in [5, 5.41) is 12.8. The van der Waals surface area contributed by atoms with Crippen molar-refractivity contribution in [3.8, 4) is 5.75 Å². The Morgan fingerprint density at radius 3 is 2.47 bits per heavy atom. The van der Waals surface area contributed by atoms with Crippen LogP contribution in [0, 0.1) is 5.82 Å². The van der Waals surface area contributed by atoms with Gasteiger partial charge in [-0.15, -0.1) is 0 Å². The van der Waals surface area contributed by atoms with Gasteiger partial charge in [0, 0.05) is 36.2 Å². The van der Waals surface area contributed by atoms with Crippen molar-refractivity contribution in [2.75, 3.05) is 26.2 Å². The summed E-state index contributed by atoms with van der Waals surface area (Å²) in [6, 6.07) is 1.07. The highest BCUT2D eigenvalue weighted by Crippen LogP contribution is 2.39. The molecule has 1 saturated heterocycles. The van der Waals surface area contributed by atoms with E-state index in [1.807, 2.05) is 0 Å². The molecule has 1 aromatic carbocycles. The summed E-state index contributed by atoms with van der Waals surface area (Å²) < 4.78 is 40.4. The van der Waals surface area contributed by atoms with Crippen molar-refractivity contribution in [3.05, 3.63) is 28.0 Å². The fraction of sp³-hybridized carbons (Fsp3) is 0.500. The van der Waals surface area contributed by atoms with Crippen LogP contribution in [0.25, 0.3) is 0 Å². The van der Waals surface area contributed by atoms with Gasteiger partial charge in [-0.25, -0.2) is 13.2 Å². The fourth-order valence-electron chi connectivity index (χ4n) is 2.27. The Morgan fingerprint density at radius 1 is 1.26 bits per heavy atom. The molecular formula is C12H14BrF3N2O. The van der Waals surface area contributed by atoms with Crippen molar-refractivity contribution in [2.45, 2.75) is 12.5 Å². The molecule has 0 aromatic heterocycles. The van der Waals surface area contributed by atoms with Crippen LogP contribution in [0.1, 0.15) is 11.6 Å². The SMILES string of the molecule is Oc1c(F)ccc(Br)c1[C@H](C(F)F)N1CCNCC1. The van der Waals surface area contributed by atoms with Gasteiger partial charge in [-0.3, -0.25) is 4.90 Å². The third-order valence-corrected chi connectivity index (χ3v) is 3.89. The molecule has 3 nitrogen and oxygen atoms in total. The van der Waals surface area contributed by atoms with Gasteiger partial charge in [0.1, 0.15) is 6.04 Å². The first-order valence-corrected chi connectivity index (χ1v) is 6.71.